The van der Waals surface area contributed by atoms with Gasteiger partial charge in [0.15, 0.2) is 0 Å². The first-order valence-corrected chi connectivity index (χ1v) is 5.07. The summed E-state index contributed by atoms with van der Waals surface area (Å²) in [5.74, 6) is 0.157. The van der Waals surface area contributed by atoms with Crippen LogP contribution >= 0.6 is 0 Å². The number of aliphatic hydroxyl groups excluding tert-OH is 1. The monoisotopic (exact) mass is 258 g/mol. The van der Waals surface area contributed by atoms with Crippen molar-refractivity contribution in [2.24, 2.45) is 0 Å². The zero-order valence-electron chi connectivity index (χ0n) is 9.27. The molecule has 0 saturated heterocycles. The highest BCUT2D eigenvalue weighted by molar-refractivity contribution is 5.54. The number of hydrogen-bond acceptors (Lipinski definition) is 4. The van der Waals surface area contributed by atoms with Gasteiger partial charge in [-0.3, -0.25) is 0 Å². The maximum absolute atomic E-state index is 12.3. The van der Waals surface area contributed by atoms with E-state index in [1.807, 2.05) is 0 Å². The lowest BCUT2D eigenvalue weighted by Crippen LogP contribution is -2.04. The molecule has 2 aromatic rings. The van der Waals surface area contributed by atoms with Crippen LogP contribution < -0.4 is 0 Å². The summed E-state index contributed by atoms with van der Waals surface area (Å²) in [6, 6.07) is 4.38. The number of rotatable bonds is 2. The third-order valence-corrected chi connectivity index (χ3v) is 2.27. The molecule has 0 radical (unpaired) electrons. The van der Waals surface area contributed by atoms with E-state index in [0.717, 1.165) is 12.1 Å². The van der Waals surface area contributed by atoms with Crippen molar-refractivity contribution in [3.8, 4) is 11.4 Å². The lowest BCUT2D eigenvalue weighted by molar-refractivity contribution is -0.137. The van der Waals surface area contributed by atoms with Crippen LogP contribution in [0.5, 0.6) is 0 Å². The number of aliphatic hydroxyl groups is 1. The minimum absolute atomic E-state index is 0.0184. The van der Waals surface area contributed by atoms with E-state index in [1.54, 1.807) is 0 Å². The van der Waals surface area contributed by atoms with Crippen molar-refractivity contribution in [3.05, 3.63) is 35.7 Å². The third kappa shape index (κ3) is 2.51. The van der Waals surface area contributed by atoms with Crippen LogP contribution in [0.4, 0.5) is 13.2 Å². The lowest BCUT2D eigenvalue weighted by atomic mass is 10.1. The van der Waals surface area contributed by atoms with Crippen LogP contribution in [0.2, 0.25) is 0 Å². The Hall–Kier alpha value is -1.89. The fraction of sp³-hybridized carbons (Fsp3) is 0.273. The molecule has 0 spiro atoms. The van der Waals surface area contributed by atoms with Crippen LogP contribution in [0.25, 0.3) is 11.4 Å². The Balaban J connectivity index is 2.29. The van der Waals surface area contributed by atoms with Gasteiger partial charge < -0.3 is 9.63 Å². The molecule has 1 N–H and O–H groups in total. The number of alkyl halides is 3. The molecule has 4 nitrogen and oxygen atoms in total. The third-order valence-electron chi connectivity index (χ3n) is 2.27. The Bertz CT molecular complexity index is 532. The minimum Gasteiger partial charge on any atom is -0.384 e. The van der Waals surface area contributed by atoms with Crippen LogP contribution in [0, 0.1) is 0 Å². The molecule has 1 heterocycles. The van der Waals surface area contributed by atoms with Crippen LogP contribution in [-0.4, -0.2) is 15.2 Å². The average molecular weight is 258 g/mol. The van der Waals surface area contributed by atoms with E-state index in [-0.39, 0.29) is 11.7 Å². The topological polar surface area (TPSA) is 59.2 Å². The molecule has 0 saturated carbocycles. The Morgan fingerprint density at radius 2 is 1.83 bits per heavy atom. The maximum atomic E-state index is 12.3. The summed E-state index contributed by atoms with van der Waals surface area (Å²) in [6.07, 6.45) is -5.29. The second kappa shape index (κ2) is 4.41. The maximum Gasteiger partial charge on any atom is 0.416 e. The van der Waals surface area contributed by atoms with Crippen molar-refractivity contribution in [3.63, 3.8) is 0 Å². The van der Waals surface area contributed by atoms with Crippen LogP contribution in [0.3, 0.4) is 0 Å². The zero-order chi connectivity index (χ0) is 13.3. The van der Waals surface area contributed by atoms with E-state index in [2.05, 4.69) is 10.1 Å². The molecular formula is C11H9F3N2O2. The molecule has 0 aliphatic rings. The quantitative estimate of drug-likeness (QED) is 0.899. The number of halogens is 3. The Morgan fingerprint density at radius 3 is 2.28 bits per heavy atom. The number of hydrogen-bond donors (Lipinski definition) is 1. The van der Waals surface area contributed by atoms with Gasteiger partial charge in [-0.2, -0.15) is 18.2 Å². The molecule has 18 heavy (non-hydrogen) atoms. The highest BCUT2D eigenvalue weighted by Crippen LogP contribution is 2.30. The van der Waals surface area contributed by atoms with E-state index in [9.17, 15) is 18.3 Å². The average Bonchev–Trinajstić information content (AvgIpc) is 2.77. The highest BCUT2D eigenvalue weighted by atomic mass is 19.4. The van der Waals surface area contributed by atoms with Crippen molar-refractivity contribution in [1.82, 2.24) is 10.1 Å². The number of benzene rings is 1. The van der Waals surface area contributed by atoms with Gasteiger partial charge in [-0.25, -0.2) is 0 Å². The summed E-state index contributed by atoms with van der Waals surface area (Å²) < 4.78 is 41.8. The molecule has 2 rings (SSSR count). The SMILES string of the molecule is CC(O)c1nc(-c2ccc(C(F)(F)F)cc2)no1. The Kier molecular flexibility index (Phi) is 3.08. The van der Waals surface area contributed by atoms with Crippen LogP contribution in [-0.2, 0) is 6.18 Å². The first kappa shape index (κ1) is 12.6. The normalized spacial score (nSPS) is 13.6. The fourth-order valence-electron chi connectivity index (χ4n) is 1.33. The first-order valence-electron chi connectivity index (χ1n) is 5.07. The van der Waals surface area contributed by atoms with Crippen molar-refractivity contribution >= 4 is 0 Å². The molecule has 0 amide bonds. The molecule has 0 aliphatic carbocycles. The summed E-state index contributed by atoms with van der Waals surface area (Å²) in [5, 5.41) is 12.8. The van der Waals surface area contributed by atoms with Crippen LogP contribution in [0.15, 0.2) is 28.8 Å². The summed E-state index contributed by atoms with van der Waals surface area (Å²) in [4.78, 5) is 3.86. The molecule has 0 aliphatic heterocycles. The summed E-state index contributed by atoms with van der Waals surface area (Å²) >= 11 is 0. The van der Waals surface area contributed by atoms with Crippen molar-refractivity contribution < 1.29 is 22.8 Å². The van der Waals surface area contributed by atoms with Gasteiger partial charge in [0.25, 0.3) is 5.89 Å². The smallest absolute Gasteiger partial charge is 0.384 e. The molecule has 0 bridgehead atoms. The number of aromatic nitrogens is 2. The molecule has 96 valence electrons. The van der Waals surface area contributed by atoms with E-state index in [1.165, 1.54) is 19.1 Å². The van der Waals surface area contributed by atoms with Gasteiger partial charge in [-0.05, 0) is 19.1 Å². The Morgan fingerprint density at radius 1 is 1.22 bits per heavy atom. The van der Waals surface area contributed by atoms with Crippen molar-refractivity contribution in [2.45, 2.75) is 19.2 Å². The predicted molar refractivity (Wildman–Crippen MR) is 55.4 cm³/mol. The Labute approximate surface area is 100 Å². The molecule has 0 fully saturated rings. The fourth-order valence-corrected chi connectivity index (χ4v) is 1.33. The first-order chi connectivity index (χ1) is 8.38. The van der Waals surface area contributed by atoms with E-state index in [4.69, 9.17) is 4.52 Å². The molecule has 1 aromatic heterocycles. The van der Waals surface area contributed by atoms with Gasteiger partial charge in [-0.1, -0.05) is 17.3 Å². The van der Waals surface area contributed by atoms with Gasteiger partial charge in [-0.15, -0.1) is 0 Å². The zero-order valence-corrected chi connectivity index (χ0v) is 9.27. The predicted octanol–water partition coefficient (Wildman–Crippen LogP) is 2.81. The molecular weight excluding hydrogens is 249 g/mol. The summed E-state index contributed by atoms with van der Waals surface area (Å²) in [7, 11) is 0. The van der Waals surface area contributed by atoms with Gasteiger partial charge in [0.2, 0.25) is 5.82 Å². The van der Waals surface area contributed by atoms with Crippen molar-refractivity contribution in [1.29, 1.82) is 0 Å². The van der Waals surface area contributed by atoms with Crippen molar-refractivity contribution in [2.75, 3.05) is 0 Å². The number of nitrogens with zero attached hydrogens (tertiary/aromatic N) is 2. The molecule has 1 atom stereocenters. The van der Waals surface area contributed by atoms with Crippen LogP contribution in [0.1, 0.15) is 24.5 Å². The van der Waals surface area contributed by atoms with Gasteiger partial charge in [0.1, 0.15) is 6.10 Å². The van der Waals surface area contributed by atoms with Gasteiger partial charge in [0, 0.05) is 5.56 Å². The van der Waals surface area contributed by atoms with E-state index < -0.39 is 17.8 Å². The highest BCUT2D eigenvalue weighted by Gasteiger charge is 2.30. The van der Waals surface area contributed by atoms with E-state index in [0.29, 0.717) is 5.56 Å². The lowest BCUT2D eigenvalue weighted by Gasteiger charge is -2.05. The second-order valence-corrected chi connectivity index (χ2v) is 3.71. The second-order valence-electron chi connectivity index (χ2n) is 3.71. The van der Waals surface area contributed by atoms with Gasteiger partial charge in [0.05, 0.1) is 5.56 Å². The standard InChI is InChI=1S/C11H9F3N2O2/c1-6(17)10-15-9(16-18-10)7-2-4-8(5-3-7)11(12,13)14/h2-6,17H,1H3. The largest absolute Gasteiger partial charge is 0.416 e. The van der Waals surface area contributed by atoms with E-state index >= 15 is 0 Å². The summed E-state index contributed by atoms with van der Waals surface area (Å²) in [5.41, 5.74) is -0.357. The molecule has 1 unspecified atom stereocenters. The molecule has 1 aromatic carbocycles. The minimum atomic E-state index is -4.37. The van der Waals surface area contributed by atoms with Gasteiger partial charge >= 0.3 is 6.18 Å². The summed E-state index contributed by atoms with van der Waals surface area (Å²) in [6.45, 7) is 1.45. The molecule has 7 heteroatoms.